The number of carbonyl (C=O) groups is 2. The van der Waals surface area contributed by atoms with Crippen LogP contribution in [-0.2, 0) is 9.59 Å². The second-order valence-corrected chi connectivity index (χ2v) is 6.00. The zero-order valence-electron chi connectivity index (χ0n) is 12.9. The number of hydrogen-bond acceptors (Lipinski definition) is 5. The SMILES string of the molecule is CSCC(C)(O)CNC(=O)C(=O)Nc1ccc(OC(F)(F)F)cc1. The van der Waals surface area contributed by atoms with Crippen LogP contribution in [0.4, 0.5) is 18.9 Å². The van der Waals surface area contributed by atoms with Crippen LogP contribution in [0, 0.1) is 0 Å². The first-order chi connectivity index (χ1) is 11.0. The van der Waals surface area contributed by atoms with Crippen molar-refractivity contribution >= 4 is 29.3 Å². The molecule has 1 aromatic carbocycles. The number of carbonyl (C=O) groups excluding carboxylic acids is 2. The number of nitrogens with one attached hydrogen (secondary N) is 2. The summed E-state index contributed by atoms with van der Waals surface area (Å²) in [7, 11) is 0. The van der Waals surface area contributed by atoms with Gasteiger partial charge in [-0.3, -0.25) is 9.59 Å². The van der Waals surface area contributed by atoms with Crippen LogP contribution in [0.1, 0.15) is 6.92 Å². The molecule has 3 N–H and O–H groups in total. The van der Waals surface area contributed by atoms with Gasteiger partial charge in [0.05, 0.1) is 5.60 Å². The molecule has 0 saturated carbocycles. The molecule has 1 atom stereocenters. The molecule has 0 bridgehead atoms. The van der Waals surface area contributed by atoms with E-state index in [-0.39, 0.29) is 12.2 Å². The second kappa shape index (κ2) is 8.25. The first kappa shape index (κ1) is 20.1. The molecule has 0 aliphatic rings. The summed E-state index contributed by atoms with van der Waals surface area (Å²) < 4.78 is 39.8. The van der Waals surface area contributed by atoms with Gasteiger partial charge in [0.2, 0.25) is 0 Å². The molecule has 10 heteroatoms. The van der Waals surface area contributed by atoms with E-state index in [2.05, 4.69) is 15.4 Å². The number of hydrogen-bond donors (Lipinski definition) is 3. The molecule has 0 heterocycles. The van der Waals surface area contributed by atoms with Crippen molar-refractivity contribution in [3.63, 3.8) is 0 Å². The van der Waals surface area contributed by atoms with Gasteiger partial charge in [0.15, 0.2) is 0 Å². The molecule has 0 spiro atoms. The first-order valence-electron chi connectivity index (χ1n) is 6.69. The number of aliphatic hydroxyl groups is 1. The molecule has 2 amide bonds. The van der Waals surface area contributed by atoms with Gasteiger partial charge in [-0.1, -0.05) is 0 Å². The Morgan fingerprint density at radius 3 is 2.29 bits per heavy atom. The van der Waals surface area contributed by atoms with Crippen LogP contribution in [0.15, 0.2) is 24.3 Å². The van der Waals surface area contributed by atoms with Crippen LogP contribution in [0.5, 0.6) is 5.75 Å². The van der Waals surface area contributed by atoms with Crippen molar-refractivity contribution in [1.29, 1.82) is 0 Å². The Hall–Kier alpha value is -1.94. The number of anilines is 1. The van der Waals surface area contributed by atoms with Crippen LogP contribution in [0.3, 0.4) is 0 Å². The lowest BCUT2D eigenvalue weighted by Crippen LogP contribution is -2.45. The fourth-order valence-corrected chi connectivity index (χ4v) is 2.36. The van der Waals surface area contributed by atoms with E-state index in [1.807, 2.05) is 0 Å². The minimum absolute atomic E-state index is 0.113. The van der Waals surface area contributed by atoms with E-state index in [1.165, 1.54) is 18.7 Å². The largest absolute Gasteiger partial charge is 0.573 e. The quantitative estimate of drug-likeness (QED) is 0.668. The van der Waals surface area contributed by atoms with Crippen molar-refractivity contribution in [2.24, 2.45) is 0 Å². The lowest BCUT2D eigenvalue weighted by Gasteiger charge is -2.22. The molecular formula is C14H17F3N2O4S. The third-order valence-electron chi connectivity index (χ3n) is 2.64. The van der Waals surface area contributed by atoms with Crippen LogP contribution in [0.25, 0.3) is 0 Å². The average Bonchev–Trinajstić information content (AvgIpc) is 2.45. The maximum atomic E-state index is 12.0. The van der Waals surface area contributed by atoms with Crippen molar-refractivity contribution in [2.45, 2.75) is 18.9 Å². The summed E-state index contributed by atoms with van der Waals surface area (Å²) in [6.45, 7) is 1.40. The van der Waals surface area contributed by atoms with E-state index in [0.717, 1.165) is 24.3 Å². The Labute approximate surface area is 140 Å². The molecule has 0 aliphatic carbocycles. The van der Waals surface area contributed by atoms with Crippen molar-refractivity contribution in [3.8, 4) is 5.75 Å². The number of alkyl halides is 3. The van der Waals surface area contributed by atoms with Crippen LogP contribution in [0.2, 0.25) is 0 Å². The highest BCUT2D eigenvalue weighted by molar-refractivity contribution is 7.98. The summed E-state index contributed by atoms with van der Waals surface area (Å²) >= 11 is 1.38. The molecule has 24 heavy (non-hydrogen) atoms. The maximum absolute atomic E-state index is 12.0. The number of halogens is 3. The summed E-state index contributed by atoms with van der Waals surface area (Å²) in [6.07, 6.45) is -3.02. The molecule has 0 radical (unpaired) electrons. The van der Waals surface area contributed by atoms with Gasteiger partial charge in [0.1, 0.15) is 5.75 Å². The number of benzene rings is 1. The molecule has 1 rings (SSSR count). The van der Waals surface area contributed by atoms with E-state index in [0.29, 0.717) is 5.75 Å². The maximum Gasteiger partial charge on any atom is 0.573 e. The number of rotatable bonds is 6. The van der Waals surface area contributed by atoms with Crippen molar-refractivity contribution < 1.29 is 32.6 Å². The summed E-state index contributed by atoms with van der Waals surface area (Å²) in [4.78, 5) is 23.3. The number of thioether (sulfide) groups is 1. The van der Waals surface area contributed by atoms with E-state index < -0.39 is 29.5 Å². The van der Waals surface area contributed by atoms with E-state index in [1.54, 1.807) is 6.26 Å². The smallest absolute Gasteiger partial charge is 0.406 e. The van der Waals surface area contributed by atoms with Gasteiger partial charge in [0.25, 0.3) is 0 Å². The van der Waals surface area contributed by atoms with Gasteiger partial charge in [-0.05, 0) is 37.4 Å². The fourth-order valence-electron chi connectivity index (χ4n) is 1.64. The summed E-state index contributed by atoms with van der Waals surface area (Å²) in [6, 6.07) is 4.33. The zero-order chi connectivity index (χ0) is 18.4. The standard InChI is InChI=1S/C14H17F3N2O4S/c1-13(22,8-24-2)7-18-11(20)12(21)19-9-3-5-10(6-4-9)23-14(15,16)17/h3-6,22H,7-8H2,1-2H3,(H,18,20)(H,19,21). The predicted molar refractivity (Wildman–Crippen MR) is 83.8 cm³/mol. The molecule has 134 valence electrons. The lowest BCUT2D eigenvalue weighted by atomic mass is 10.1. The summed E-state index contributed by atoms with van der Waals surface area (Å²) in [5.41, 5.74) is -1.04. The van der Waals surface area contributed by atoms with Gasteiger partial charge in [0, 0.05) is 18.0 Å². The van der Waals surface area contributed by atoms with Crippen LogP contribution < -0.4 is 15.4 Å². The van der Waals surface area contributed by atoms with Crippen LogP contribution in [-0.4, -0.2) is 47.4 Å². The van der Waals surface area contributed by atoms with Gasteiger partial charge < -0.3 is 20.5 Å². The van der Waals surface area contributed by atoms with Crippen molar-refractivity contribution in [1.82, 2.24) is 5.32 Å². The molecule has 6 nitrogen and oxygen atoms in total. The Balaban J connectivity index is 2.53. The Morgan fingerprint density at radius 1 is 1.21 bits per heavy atom. The van der Waals surface area contributed by atoms with Gasteiger partial charge in [-0.25, -0.2) is 0 Å². The Bertz CT molecular complexity index is 576. The number of ether oxygens (including phenoxy) is 1. The third-order valence-corrected chi connectivity index (χ3v) is 3.55. The third kappa shape index (κ3) is 7.55. The van der Waals surface area contributed by atoms with Gasteiger partial charge >= 0.3 is 18.2 Å². The minimum atomic E-state index is -4.81. The van der Waals surface area contributed by atoms with Crippen molar-refractivity contribution in [3.05, 3.63) is 24.3 Å². The highest BCUT2D eigenvalue weighted by Crippen LogP contribution is 2.23. The van der Waals surface area contributed by atoms with E-state index >= 15 is 0 Å². The highest BCUT2D eigenvalue weighted by Gasteiger charge is 2.31. The highest BCUT2D eigenvalue weighted by atomic mass is 32.2. The molecule has 0 aromatic heterocycles. The molecule has 1 unspecified atom stereocenters. The minimum Gasteiger partial charge on any atom is -0.406 e. The fraction of sp³-hybridized carbons (Fsp3) is 0.429. The van der Waals surface area contributed by atoms with Gasteiger partial charge in [-0.15, -0.1) is 13.2 Å². The monoisotopic (exact) mass is 366 g/mol. The topological polar surface area (TPSA) is 87.7 Å². The molecule has 0 aliphatic heterocycles. The molecule has 1 aromatic rings. The summed E-state index contributed by atoms with van der Waals surface area (Å²) in [5.74, 6) is -2.04. The zero-order valence-corrected chi connectivity index (χ0v) is 13.8. The molecule has 0 saturated heterocycles. The molecular weight excluding hydrogens is 349 g/mol. The van der Waals surface area contributed by atoms with Gasteiger partial charge in [-0.2, -0.15) is 11.8 Å². The van der Waals surface area contributed by atoms with E-state index in [4.69, 9.17) is 0 Å². The second-order valence-electron chi connectivity index (χ2n) is 5.14. The average molecular weight is 366 g/mol. The summed E-state index contributed by atoms with van der Waals surface area (Å²) in [5, 5.41) is 14.4. The number of amides is 2. The first-order valence-corrected chi connectivity index (χ1v) is 8.08. The van der Waals surface area contributed by atoms with Crippen molar-refractivity contribution in [2.75, 3.05) is 23.9 Å². The van der Waals surface area contributed by atoms with Crippen LogP contribution >= 0.6 is 11.8 Å². The molecule has 0 fully saturated rings. The predicted octanol–water partition coefficient (Wildman–Crippen LogP) is 1.75. The Kier molecular flexibility index (Phi) is 6.91. The van der Waals surface area contributed by atoms with E-state index in [9.17, 15) is 27.9 Å². The Morgan fingerprint density at radius 2 is 1.79 bits per heavy atom. The lowest BCUT2D eigenvalue weighted by molar-refractivity contribution is -0.274. The normalized spacial score (nSPS) is 13.8.